The third kappa shape index (κ3) is 5.14. The lowest BCUT2D eigenvalue weighted by molar-refractivity contribution is -0.129. The number of nitrogens with one attached hydrogen (secondary N) is 2. The monoisotopic (exact) mass is 447 g/mol. The number of benzene rings is 2. The minimum Gasteiger partial charge on any atom is -0.507 e. The van der Waals surface area contributed by atoms with Gasteiger partial charge in [0.05, 0.1) is 10.5 Å². The number of thioether (sulfide) groups is 1. The third-order valence-electron chi connectivity index (χ3n) is 3.81. The number of hydrogen-bond acceptors (Lipinski definition) is 6. The van der Waals surface area contributed by atoms with E-state index in [0.717, 1.165) is 22.2 Å². The molecule has 2 aromatic carbocycles. The van der Waals surface area contributed by atoms with E-state index in [-0.39, 0.29) is 22.2 Å². The van der Waals surface area contributed by atoms with Crippen LogP contribution in [-0.4, -0.2) is 38.6 Å². The molecule has 0 aromatic heterocycles. The zero-order valence-corrected chi connectivity index (χ0v) is 17.1. The Kier molecular flexibility index (Phi) is 6.53. The lowest BCUT2D eigenvalue weighted by atomic mass is 10.2. The molecule has 7 nitrogen and oxygen atoms in total. The van der Waals surface area contributed by atoms with Crippen LogP contribution < -0.4 is 10.9 Å². The van der Waals surface area contributed by atoms with Crippen LogP contribution in [0.15, 0.2) is 53.4 Å². The molecule has 1 aliphatic heterocycles. The molecule has 0 bridgehead atoms. The van der Waals surface area contributed by atoms with E-state index in [1.165, 1.54) is 12.1 Å². The summed E-state index contributed by atoms with van der Waals surface area (Å²) >= 11 is 12.1. The number of carbonyl (C=O) groups excluding carboxylic acids is 3. The summed E-state index contributed by atoms with van der Waals surface area (Å²) in [5.74, 6) is -1.96. The topological polar surface area (TPSA) is 98.7 Å². The molecule has 0 unspecified atom stereocenters. The summed E-state index contributed by atoms with van der Waals surface area (Å²) in [6, 6.07) is 12.8. The fraction of sp³-hybridized carbons (Fsp3) is 0.0526. The highest BCUT2D eigenvalue weighted by molar-refractivity contribution is 8.26. The third-order valence-corrected chi connectivity index (χ3v) is 5.44. The summed E-state index contributed by atoms with van der Waals surface area (Å²) in [6.45, 7) is -0.357. The van der Waals surface area contributed by atoms with Gasteiger partial charge >= 0.3 is 0 Å². The first-order chi connectivity index (χ1) is 13.8. The number of rotatable bonds is 4. The fourth-order valence-electron chi connectivity index (χ4n) is 2.39. The van der Waals surface area contributed by atoms with Gasteiger partial charge in [0.25, 0.3) is 17.7 Å². The molecule has 29 heavy (non-hydrogen) atoms. The molecular weight excluding hydrogens is 434 g/mol. The van der Waals surface area contributed by atoms with Gasteiger partial charge in [-0.05, 0) is 35.9 Å². The van der Waals surface area contributed by atoms with E-state index >= 15 is 0 Å². The second-order valence-electron chi connectivity index (χ2n) is 5.84. The van der Waals surface area contributed by atoms with E-state index in [0.29, 0.717) is 9.93 Å². The number of hydrogen-bond donors (Lipinski definition) is 3. The van der Waals surface area contributed by atoms with Crippen LogP contribution in [0.3, 0.4) is 0 Å². The second kappa shape index (κ2) is 9.08. The van der Waals surface area contributed by atoms with Crippen molar-refractivity contribution in [3.05, 3.63) is 69.6 Å². The normalized spacial score (nSPS) is 14.9. The Morgan fingerprint density at radius 3 is 2.52 bits per heavy atom. The standard InChI is InChI=1S/C19H14ClN3O4S2/c20-12-7-5-11(6-8-12)9-15-18(27)23(19(28)29-15)10-16(25)21-22-17(26)13-3-1-2-4-14(13)24/h1-9,24H,10H2,(H,21,25)(H,22,26). The van der Waals surface area contributed by atoms with Gasteiger partial charge in [0.15, 0.2) is 0 Å². The van der Waals surface area contributed by atoms with Crippen LogP contribution in [-0.2, 0) is 9.59 Å². The SMILES string of the molecule is O=C(CN1C(=O)C(=Cc2ccc(Cl)cc2)SC1=S)NNC(=O)c1ccccc1O. The second-order valence-corrected chi connectivity index (χ2v) is 7.95. The van der Waals surface area contributed by atoms with Crippen molar-refractivity contribution in [2.24, 2.45) is 0 Å². The van der Waals surface area contributed by atoms with Gasteiger partial charge in [0.2, 0.25) is 0 Å². The molecule has 0 spiro atoms. The molecule has 1 saturated heterocycles. The van der Waals surface area contributed by atoms with Gasteiger partial charge in [-0.3, -0.25) is 30.1 Å². The summed E-state index contributed by atoms with van der Waals surface area (Å²) in [5, 5.41) is 10.2. The van der Waals surface area contributed by atoms with E-state index in [1.54, 1.807) is 42.5 Å². The van der Waals surface area contributed by atoms with Crippen LogP contribution in [0, 0.1) is 0 Å². The molecule has 148 valence electrons. The Balaban J connectivity index is 1.59. The Labute approximate surface area is 180 Å². The number of thiocarbonyl (C=S) groups is 1. The maximum absolute atomic E-state index is 12.5. The molecule has 0 atom stereocenters. The van der Waals surface area contributed by atoms with Gasteiger partial charge in [-0.2, -0.15) is 0 Å². The number of nitrogens with zero attached hydrogens (tertiary/aromatic N) is 1. The van der Waals surface area contributed by atoms with E-state index in [9.17, 15) is 19.5 Å². The molecule has 3 amide bonds. The quantitative estimate of drug-likeness (QED) is 0.378. The van der Waals surface area contributed by atoms with Crippen molar-refractivity contribution in [3.8, 4) is 5.75 Å². The van der Waals surface area contributed by atoms with Gasteiger partial charge < -0.3 is 5.11 Å². The molecule has 1 fully saturated rings. The molecule has 1 aliphatic rings. The van der Waals surface area contributed by atoms with Crippen molar-refractivity contribution in [2.45, 2.75) is 0 Å². The molecule has 3 N–H and O–H groups in total. The summed E-state index contributed by atoms with van der Waals surface area (Å²) in [4.78, 5) is 38.2. The van der Waals surface area contributed by atoms with Crippen LogP contribution in [0.4, 0.5) is 0 Å². The molecule has 10 heteroatoms. The molecule has 0 radical (unpaired) electrons. The largest absolute Gasteiger partial charge is 0.507 e. The number of hydrazine groups is 1. The maximum atomic E-state index is 12.5. The Morgan fingerprint density at radius 2 is 1.83 bits per heavy atom. The van der Waals surface area contributed by atoms with E-state index in [4.69, 9.17) is 23.8 Å². The van der Waals surface area contributed by atoms with Crippen molar-refractivity contribution in [3.63, 3.8) is 0 Å². The Hall–Kier alpha value is -2.88. The molecule has 0 saturated carbocycles. The summed E-state index contributed by atoms with van der Waals surface area (Å²) in [5.41, 5.74) is 5.16. The highest BCUT2D eigenvalue weighted by Gasteiger charge is 2.33. The molecule has 1 heterocycles. The highest BCUT2D eigenvalue weighted by Crippen LogP contribution is 2.32. The molecule has 0 aliphatic carbocycles. The minimum absolute atomic E-state index is 0.00399. The van der Waals surface area contributed by atoms with Crippen LogP contribution >= 0.6 is 35.6 Å². The number of phenols is 1. The first-order valence-corrected chi connectivity index (χ1v) is 9.83. The van der Waals surface area contributed by atoms with E-state index in [2.05, 4.69) is 10.9 Å². The van der Waals surface area contributed by atoms with E-state index in [1.807, 2.05) is 0 Å². The van der Waals surface area contributed by atoms with Gasteiger partial charge in [-0.15, -0.1) is 0 Å². The average Bonchev–Trinajstić information content (AvgIpc) is 2.95. The molecule has 2 aromatic rings. The zero-order chi connectivity index (χ0) is 21.0. The number of halogens is 1. The van der Waals surface area contributed by atoms with Crippen molar-refractivity contribution in [2.75, 3.05) is 6.54 Å². The molecular formula is C19H14ClN3O4S2. The van der Waals surface area contributed by atoms with Gasteiger partial charge in [-0.1, -0.05) is 59.8 Å². The smallest absolute Gasteiger partial charge is 0.273 e. The molecule has 3 rings (SSSR count). The van der Waals surface area contributed by atoms with Gasteiger partial charge in [0, 0.05) is 5.02 Å². The van der Waals surface area contributed by atoms with Crippen LogP contribution in [0.1, 0.15) is 15.9 Å². The van der Waals surface area contributed by atoms with Crippen molar-refractivity contribution in [1.82, 2.24) is 15.8 Å². The Morgan fingerprint density at radius 1 is 1.14 bits per heavy atom. The first kappa shape index (κ1) is 20.8. The average molecular weight is 448 g/mol. The number of para-hydroxylation sites is 1. The lowest BCUT2D eigenvalue weighted by Gasteiger charge is -2.14. The van der Waals surface area contributed by atoms with E-state index < -0.39 is 17.7 Å². The Bertz CT molecular complexity index is 1020. The van der Waals surface area contributed by atoms with Crippen LogP contribution in [0.5, 0.6) is 5.75 Å². The van der Waals surface area contributed by atoms with Crippen LogP contribution in [0.25, 0.3) is 6.08 Å². The van der Waals surface area contributed by atoms with Gasteiger partial charge in [-0.25, -0.2) is 0 Å². The van der Waals surface area contributed by atoms with Crippen molar-refractivity contribution < 1.29 is 19.5 Å². The maximum Gasteiger partial charge on any atom is 0.273 e. The lowest BCUT2D eigenvalue weighted by Crippen LogP contribution is -2.47. The summed E-state index contributed by atoms with van der Waals surface area (Å²) < 4.78 is 0.234. The number of aromatic hydroxyl groups is 1. The fourth-order valence-corrected chi connectivity index (χ4v) is 3.77. The number of carbonyl (C=O) groups is 3. The predicted molar refractivity (Wildman–Crippen MR) is 115 cm³/mol. The first-order valence-electron chi connectivity index (χ1n) is 8.23. The van der Waals surface area contributed by atoms with Crippen molar-refractivity contribution >= 4 is 63.7 Å². The van der Waals surface area contributed by atoms with Crippen LogP contribution in [0.2, 0.25) is 5.02 Å². The zero-order valence-electron chi connectivity index (χ0n) is 14.7. The van der Waals surface area contributed by atoms with Gasteiger partial charge in [0.1, 0.15) is 16.6 Å². The minimum atomic E-state index is -0.690. The number of amides is 3. The predicted octanol–water partition coefficient (Wildman–Crippen LogP) is 2.71. The summed E-state index contributed by atoms with van der Waals surface area (Å²) in [6.07, 6.45) is 1.66. The summed E-state index contributed by atoms with van der Waals surface area (Å²) in [7, 11) is 0. The van der Waals surface area contributed by atoms with Crippen molar-refractivity contribution in [1.29, 1.82) is 0 Å². The number of phenolic OH excluding ortho intramolecular Hbond substituents is 1. The highest BCUT2D eigenvalue weighted by atomic mass is 35.5.